The summed E-state index contributed by atoms with van der Waals surface area (Å²) in [5.41, 5.74) is 16.6. The molecule has 15 aromatic carbocycles. The molecule has 0 N–H and O–H groups in total. The van der Waals surface area contributed by atoms with Crippen LogP contribution in [0.3, 0.4) is 0 Å². The number of anilines is 6. The smallest absolute Gasteiger partial charge is 0.0540 e. The molecule has 366 valence electrons. The summed E-state index contributed by atoms with van der Waals surface area (Å²) in [5.74, 6) is 0. The average Bonchev–Trinajstić information content (AvgIpc) is 3.61. The summed E-state index contributed by atoms with van der Waals surface area (Å²) in [4.78, 5) is 4.88. The van der Waals surface area contributed by atoms with Gasteiger partial charge in [-0.3, -0.25) is 0 Å². The van der Waals surface area contributed by atoms with Gasteiger partial charge in [-0.1, -0.05) is 206 Å². The minimum absolute atomic E-state index is 1.10. The standard InChI is InChI=1S/C76H52N2/c1-49-16-12-24-60(44-49)77(59-22-4-3-5-23-59)71-42-37-52-35-41-70-72(43-38-53-34-40-69(71)75(52)76(53)70)78(61-25-13-17-50(2)45-61)62-26-14-20-56(48-62)63-31-15-21-55-47-58(36-39-64(55)63)74-67-29-10-8-27-65(67)73(66-28-9-11-30-68(66)74)57-33-32-51-18-6-7-19-54(51)46-57/h3-48H,1-2H3. The molecular weight excluding hydrogens is 941 g/mol. The van der Waals surface area contributed by atoms with Gasteiger partial charge in [0.15, 0.2) is 0 Å². The SMILES string of the molecule is Cc1cccc(N(c2ccccc2)c2ccc3ccc4c(N(c5cccc(C)c5)c5cccc(-c6cccc7cc(-c8c9ccccc9c(-c9ccc%10ccccc%10c9)c9ccccc89)ccc67)c5)ccc5ccc2c3c54)c1. The van der Waals surface area contributed by atoms with E-state index in [2.05, 4.69) is 303 Å². The van der Waals surface area contributed by atoms with Crippen LogP contribution in [0.1, 0.15) is 11.1 Å². The van der Waals surface area contributed by atoms with E-state index >= 15 is 0 Å². The van der Waals surface area contributed by atoms with Crippen molar-refractivity contribution in [1.82, 2.24) is 0 Å². The van der Waals surface area contributed by atoms with Crippen molar-refractivity contribution in [2.75, 3.05) is 9.80 Å². The molecule has 0 aliphatic heterocycles. The summed E-state index contributed by atoms with van der Waals surface area (Å²) in [7, 11) is 0. The van der Waals surface area contributed by atoms with Gasteiger partial charge in [0.25, 0.3) is 0 Å². The molecule has 0 heterocycles. The first kappa shape index (κ1) is 45.4. The second-order valence-electron chi connectivity index (χ2n) is 21.0. The van der Waals surface area contributed by atoms with E-state index in [1.807, 2.05) is 0 Å². The molecule has 0 bridgehead atoms. The molecule has 0 amide bonds. The van der Waals surface area contributed by atoms with Crippen molar-refractivity contribution in [2.45, 2.75) is 13.8 Å². The first-order chi connectivity index (χ1) is 38.5. The maximum Gasteiger partial charge on any atom is 0.0540 e. The average molecular weight is 993 g/mol. The zero-order valence-corrected chi connectivity index (χ0v) is 43.5. The number of hydrogen-bond acceptors (Lipinski definition) is 2. The predicted octanol–water partition coefficient (Wildman–Crippen LogP) is 21.8. The molecule has 0 unspecified atom stereocenters. The summed E-state index contributed by atoms with van der Waals surface area (Å²) >= 11 is 0. The van der Waals surface area contributed by atoms with Crippen molar-refractivity contribution in [2.24, 2.45) is 0 Å². The summed E-state index contributed by atoms with van der Waals surface area (Å²) in [6.07, 6.45) is 0. The monoisotopic (exact) mass is 992 g/mol. The fourth-order valence-electron chi connectivity index (χ4n) is 12.7. The Morgan fingerprint density at radius 3 is 1.24 bits per heavy atom. The maximum absolute atomic E-state index is 2.47. The minimum atomic E-state index is 1.10. The fourth-order valence-corrected chi connectivity index (χ4v) is 12.7. The molecule has 15 rings (SSSR count). The van der Waals surface area contributed by atoms with Crippen LogP contribution in [0, 0.1) is 13.8 Å². The second kappa shape index (κ2) is 18.4. The second-order valence-corrected chi connectivity index (χ2v) is 21.0. The molecule has 2 nitrogen and oxygen atoms in total. The first-order valence-corrected chi connectivity index (χ1v) is 27.1. The summed E-state index contributed by atoms with van der Waals surface area (Å²) in [6.45, 7) is 4.36. The van der Waals surface area contributed by atoms with Crippen LogP contribution < -0.4 is 9.80 Å². The number of benzene rings is 15. The minimum Gasteiger partial charge on any atom is -0.310 e. The van der Waals surface area contributed by atoms with Crippen LogP contribution in [0.2, 0.25) is 0 Å². The molecule has 15 aromatic rings. The van der Waals surface area contributed by atoms with Gasteiger partial charge < -0.3 is 9.80 Å². The quantitative estimate of drug-likeness (QED) is 0.105. The van der Waals surface area contributed by atoms with Crippen LogP contribution in [-0.2, 0) is 0 Å². The van der Waals surface area contributed by atoms with Gasteiger partial charge in [0.05, 0.1) is 11.4 Å². The number of aryl methyl sites for hydroxylation is 2. The molecule has 0 aliphatic rings. The van der Waals surface area contributed by atoms with E-state index < -0.39 is 0 Å². The molecule has 0 saturated heterocycles. The van der Waals surface area contributed by atoms with Crippen LogP contribution in [0.4, 0.5) is 34.1 Å². The number of rotatable bonds is 9. The van der Waals surface area contributed by atoms with Crippen LogP contribution in [0.15, 0.2) is 279 Å². The number of fused-ring (bicyclic) bond motifs is 4. The Kier molecular flexibility index (Phi) is 10.7. The van der Waals surface area contributed by atoms with Gasteiger partial charge in [-0.05, 0) is 196 Å². The zero-order chi connectivity index (χ0) is 51.8. The Balaban J connectivity index is 0.869. The van der Waals surface area contributed by atoms with Gasteiger partial charge in [-0.2, -0.15) is 0 Å². The van der Waals surface area contributed by atoms with Gasteiger partial charge in [-0.15, -0.1) is 0 Å². The van der Waals surface area contributed by atoms with E-state index in [0.29, 0.717) is 0 Å². The highest BCUT2D eigenvalue weighted by Gasteiger charge is 2.23. The van der Waals surface area contributed by atoms with Gasteiger partial charge in [0.1, 0.15) is 0 Å². The molecule has 0 spiro atoms. The highest BCUT2D eigenvalue weighted by Crippen LogP contribution is 2.49. The first-order valence-electron chi connectivity index (χ1n) is 27.1. The van der Waals surface area contributed by atoms with Crippen molar-refractivity contribution in [3.05, 3.63) is 290 Å². The lowest BCUT2D eigenvalue weighted by molar-refractivity contribution is 1.28. The van der Waals surface area contributed by atoms with Crippen LogP contribution >= 0.6 is 0 Å². The molecule has 0 aromatic heterocycles. The van der Waals surface area contributed by atoms with Gasteiger partial charge >= 0.3 is 0 Å². The molecule has 0 radical (unpaired) electrons. The van der Waals surface area contributed by atoms with Crippen molar-refractivity contribution >= 4 is 110 Å². The van der Waals surface area contributed by atoms with E-state index in [-0.39, 0.29) is 0 Å². The Morgan fingerprint density at radius 1 is 0.231 bits per heavy atom. The molecule has 0 atom stereocenters. The molecule has 0 aliphatic carbocycles. The topological polar surface area (TPSA) is 6.48 Å². The summed E-state index contributed by atoms with van der Waals surface area (Å²) in [5, 5.41) is 17.4. The van der Waals surface area contributed by atoms with Crippen molar-refractivity contribution < 1.29 is 0 Å². The van der Waals surface area contributed by atoms with Crippen LogP contribution in [0.5, 0.6) is 0 Å². The highest BCUT2D eigenvalue weighted by atomic mass is 15.1. The van der Waals surface area contributed by atoms with Gasteiger partial charge in [0.2, 0.25) is 0 Å². The van der Waals surface area contributed by atoms with Gasteiger partial charge in [0, 0.05) is 33.5 Å². The Hall–Kier alpha value is -10.0. The van der Waals surface area contributed by atoms with Crippen LogP contribution in [0.25, 0.3) is 109 Å². The maximum atomic E-state index is 2.47. The van der Waals surface area contributed by atoms with E-state index in [1.54, 1.807) is 0 Å². The summed E-state index contributed by atoms with van der Waals surface area (Å²) < 4.78 is 0. The normalized spacial score (nSPS) is 11.7. The molecule has 0 fully saturated rings. The zero-order valence-electron chi connectivity index (χ0n) is 43.5. The molecule has 2 heteroatoms. The van der Waals surface area contributed by atoms with E-state index in [9.17, 15) is 0 Å². The van der Waals surface area contributed by atoms with E-state index in [0.717, 1.165) is 34.1 Å². The Labute approximate surface area is 454 Å². The Morgan fingerprint density at radius 2 is 0.654 bits per heavy atom. The molecular formula is C76H52N2. The Bertz CT molecular complexity index is 4780. The lowest BCUT2D eigenvalue weighted by atomic mass is 9.85. The highest BCUT2D eigenvalue weighted by molar-refractivity contribution is 6.28. The third-order valence-electron chi connectivity index (χ3n) is 16.2. The summed E-state index contributed by atoms with van der Waals surface area (Å²) in [6, 6.07) is 104. The third kappa shape index (κ3) is 7.48. The van der Waals surface area contributed by atoms with E-state index in [4.69, 9.17) is 0 Å². The number of nitrogens with zero attached hydrogens (tertiary/aromatic N) is 2. The fraction of sp³-hybridized carbons (Fsp3) is 0.0263. The van der Waals surface area contributed by atoms with Crippen LogP contribution in [-0.4, -0.2) is 0 Å². The van der Waals surface area contributed by atoms with Crippen molar-refractivity contribution in [3.63, 3.8) is 0 Å². The third-order valence-corrected chi connectivity index (χ3v) is 16.2. The van der Waals surface area contributed by atoms with E-state index in [1.165, 1.54) is 120 Å². The lowest BCUT2D eigenvalue weighted by Gasteiger charge is -2.29. The largest absolute Gasteiger partial charge is 0.310 e. The number of para-hydroxylation sites is 1. The predicted molar refractivity (Wildman–Crippen MR) is 335 cm³/mol. The molecule has 78 heavy (non-hydrogen) atoms. The molecule has 0 saturated carbocycles. The van der Waals surface area contributed by atoms with Crippen molar-refractivity contribution in [1.29, 1.82) is 0 Å². The number of hydrogen-bond donors (Lipinski definition) is 0. The lowest BCUT2D eigenvalue weighted by Crippen LogP contribution is -2.11. The van der Waals surface area contributed by atoms with Gasteiger partial charge in [-0.25, -0.2) is 0 Å². The van der Waals surface area contributed by atoms with Crippen molar-refractivity contribution in [3.8, 4) is 33.4 Å².